The van der Waals surface area contributed by atoms with Gasteiger partial charge in [-0.1, -0.05) is 32.3 Å². The highest BCUT2D eigenvalue weighted by molar-refractivity contribution is 5.87. The number of benzene rings is 1. The van der Waals surface area contributed by atoms with E-state index in [-0.39, 0.29) is 35.3 Å². The predicted octanol–water partition coefficient (Wildman–Crippen LogP) is 9.02. The van der Waals surface area contributed by atoms with Crippen LogP contribution < -0.4 is 0 Å². The third-order valence-electron chi connectivity index (χ3n) is 10.7. The normalized spacial score (nSPS) is 28.5. The second-order valence-electron chi connectivity index (χ2n) is 13.6. The van der Waals surface area contributed by atoms with Crippen LogP contribution in [0.3, 0.4) is 0 Å². The van der Waals surface area contributed by atoms with Crippen molar-refractivity contribution in [1.82, 2.24) is 4.90 Å². The van der Waals surface area contributed by atoms with Gasteiger partial charge in [0.15, 0.2) is 0 Å². The van der Waals surface area contributed by atoms with E-state index in [1.807, 2.05) is 19.2 Å². The molecule has 0 amide bonds. The number of phenols is 1. The molecule has 3 nitrogen and oxygen atoms in total. The Bertz CT molecular complexity index is 1060. The molecule has 1 N–H and O–H groups in total. The van der Waals surface area contributed by atoms with Gasteiger partial charge in [-0.25, -0.2) is 4.39 Å². The summed E-state index contributed by atoms with van der Waals surface area (Å²) in [5.74, 6) is -2.98. The Morgan fingerprint density at radius 1 is 1.02 bits per heavy atom. The molecule has 0 saturated heterocycles. The van der Waals surface area contributed by atoms with Gasteiger partial charge in [0.2, 0.25) is 0 Å². The zero-order chi connectivity index (χ0) is 30.7. The third kappa shape index (κ3) is 7.47. The smallest absolute Gasteiger partial charge is 0.453 e. The molecule has 0 bridgehead atoms. The van der Waals surface area contributed by atoms with E-state index in [0.29, 0.717) is 50.2 Å². The Hall–Kier alpha value is -1.77. The van der Waals surface area contributed by atoms with Gasteiger partial charge in [0.1, 0.15) is 17.7 Å². The number of halogens is 6. The summed E-state index contributed by atoms with van der Waals surface area (Å²) >= 11 is 0. The number of nitrogens with zero attached hydrogens (tertiary/aromatic N) is 1. The van der Waals surface area contributed by atoms with Gasteiger partial charge in [-0.05, 0) is 125 Å². The number of Topliss-reactive ketones (excluding diaryl/α,β-unsaturated/α-hetero) is 1. The molecule has 238 valence electrons. The van der Waals surface area contributed by atoms with Crippen molar-refractivity contribution in [2.45, 2.75) is 121 Å². The van der Waals surface area contributed by atoms with Crippen molar-refractivity contribution >= 4 is 5.78 Å². The molecular weight excluding hydrogens is 556 g/mol. The number of aromatic hydroxyl groups is 1. The molecule has 9 heteroatoms. The standard InChI is InChI=1S/C33H47F6NO2/c1-31-16-14-27-26-11-10-25(41)21-22(26)19-23(30(27)28(31)12-13-29(31)42)20-24(34)9-8-18-40(2)17-7-5-3-4-6-15-32(35,36)33(37,38)39/h10-11,21,23-24,27-28,30,41H,3-9,12-20H2,1-2H3/t23-,24?,27+,28-,30+,31-/m0/s1. The molecule has 0 aromatic heterocycles. The summed E-state index contributed by atoms with van der Waals surface area (Å²) in [7, 11) is 1.96. The number of ketones is 1. The minimum Gasteiger partial charge on any atom is -0.508 e. The summed E-state index contributed by atoms with van der Waals surface area (Å²) in [4.78, 5) is 15.0. The number of fused-ring (bicyclic) bond motifs is 5. The number of phenolic OH excluding ortho intramolecular Hbond substituents is 1. The fourth-order valence-electron chi connectivity index (χ4n) is 8.32. The number of rotatable bonds is 14. The molecule has 6 atom stereocenters. The molecule has 1 aromatic carbocycles. The summed E-state index contributed by atoms with van der Waals surface area (Å²) < 4.78 is 78.1. The number of hydrogen-bond donors (Lipinski definition) is 1. The van der Waals surface area contributed by atoms with E-state index >= 15 is 4.39 Å². The number of unbranched alkanes of at least 4 members (excludes halogenated alkanes) is 4. The highest BCUT2D eigenvalue weighted by atomic mass is 19.4. The maximum absolute atomic E-state index is 15.5. The Kier molecular flexibility index (Phi) is 10.6. The number of hydrogen-bond acceptors (Lipinski definition) is 3. The zero-order valence-corrected chi connectivity index (χ0v) is 25.0. The number of alkyl halides is 6. The van der Waals surface area contributed by atoms with Crippen LogP contribution >= 0.6 is 0 Å². The Morgan fingerprint density at radius 2 is 1.71 bits per heavy atom. The molecule has 0 spiro atoms. The monoisotopic (exact) mass is 603 g/mol. The van der Waals surface area contributed by atoms with Crippen LogP contribution in [0.5, 0.6) is 5.75 Å². The van der Waals surface area contributed by atoms with E-state index in [1.165, 1.54) is 5.56 Å². The Balaban J connectivity index is 1.20. The summed E-state index contributed by atoms with van der Waals surface area (Å²) in [6.45, 7) is 3.64. The van der Waals surface area contributed by atoms with Gasteiger partial charge >= 0.3 is 12.1 Å². The molecule has 2 fully saturated rings. The maximum Gasteiger partial charge on any atom is 0.453 e. The fourth-order valence-corrected chi connectivity index (χ4v) is 8.32. The third-order valence-corrected chi connectivity index (χ3v) is 10.7. The molecule has 3 aliphatic carbocycles. The van der Waals surface area contributed by atoms with Crippen molar-refractivity contribution in [2.24, 2.45) is 23.2 Å². The van der Waals surface area contributed by atoms with Gasteiger partial charge in [0.05, 0.1) is 0 Å². The van der Waals surface area contributed by atoms with Gasteiger partial charge in [-0.15, -0.1) is 0 Å². The summed E-state index contributed by atoms with van der Waals surface area (Å²) in [6.07, 6.45) is 0.519. The highest BCUT2D eigenvalue weighted by Gasteiger charge is 2.57. The minimum atomic E-state index is -5.48. The highest BCUT2D eigenvalue weighted by Crippen LogP contribution is 2.61. The fraction of sp³-hybridized carbons (Fsp3) is 0.788. The van der Waals surface area contributed by atoms with Crippen LogP contribution in [0.25, 0.3) is 0 Å². The van der Waals surface area contributed by atoms with Crippen LogP contribution in [-0.4, -0.2) is 54.2 Å². The van der Waals surface area contributed by atoms with Gasteiger partial charge in [-0.2, -0.15) is 22.0 Å². The predicted molar refractivity (Wildman–Crippen MR) is 152 cm³/mol. The SMILES string of the molecule is CN(CCCCCCCC(F)(F)C(F)(F)F)CCCC(F)C[C@@H]1Cc2cc(O)ccc2[C@H]2CC[C@]3(C)C(=O)CC[C@H]3[C@H]12. The van der Waals surface area contributed by atoms with Crippen molar-refractivity contribution in [3.8, 4) is 5.75 Å². The summed E-state index contributed by atoms with van der Waals surface area (Å²) in [5, 5.41) is 10.1. The van der Waals surface area contributed by atoms with Crippen LogP contribution in [0, 0.1) is 23.2 Å². The van der Waals surface area contributed by atoms with Crippen molar-refractivity contribution < 1.29 is 36.2 Å². The van der Waals surface area contributed by atoms with E-state index in [4.69, 9.17) is 0 Å². The van der Waals surface area contributed by atoms with Gasteiger partial charge in [0, 0.05) is 18.3 Å². The lowest BCUT2D eigenvalue weighted by atomic mass is 9.52. The first-order valence-corrected chi connectivity index (χ1v) is 15.8. The van der Waals surface area contributed by atoms with E-state index in [1.54, 1.807) is 6.07 Å². The van der Waals surface area contributed by atoms with Crippen LogP contribution in [0.2, 0.25) is 0 Å². The Morgan fingerprint density at radius 3 is 2.45 bits per heavy atom. The lowest BCUT2D eigenvalue weighted by molar-refractivity contribution is -0.284. The Labute approximate surface area is 246 Å². The van der Waals surface area contributed by atoms with Gasteiger partial charge in [-0.3, -0.25) is 4.79 Å². The topological polar surface area (TPSA) is 40.5 Å². The molecular formula is C33H47F6NO2. The molecule has 3 aliphatic rings. The number of carbonyl (C=O) groups excluding carboxylic acids is 1. The van der Waals surface area contributed by atoms with Gasteiger partial charge in [0.25, 0.3) is 0 Å². The lowest BCUT2D eigenvalue weighted by Crippen LogP contribution is -2.46. The van der Waals surface area contributed by atoms with Crippen molar-refractivity contribution in [1.29, 1.82) is 0 Å². The van der Waals surface area contributed by atoms with Crippen molar-refractivity contribution in [3.63, 3.8) is 0 Å². The largest absolute Gasteiger partial charge is 0.508 e. The van der Waals surface area contributed by atoms with Crippen LogP contribution in [0.15, 0.2) is 18.2 Å². The second kappa shape index (κ2) is 13.5. The first kappa shape index (κ1) is 33.1. The average Bonchev–Trinajstić information content (AvgIpc) is 3.21. The number of carbonyl (C=O) groups is 1. The van der Waals surface area contributed by atoms with E-state index in [9.17, 15) is 31.9 Å². The first-order valence-electron chi connectivity index (χ1n) is 15.8. The first-order chi connectivity index (χ1) is 19.7. The molecule has 4 rings (SSSR count). The van der Waals surface area contributed by atoms with E-state index in [0.717, 1.165) is 57.2 Å². The van der Waals surface area contributed by atoms with Crippen molar-refractivity contribution in [3.05, 3.63) is 29.3 Å². The zero-order valence-electron chi connectivity index (χ0n) is 25.0. The molecule has 42 heavy (non-hydrogen) atoms. The van der Waals surface area contributed by atoms with Crippen LogP contribution in [0.4, 0.5) is 26.3 Å². The molecule has 0 heterocycles. The van der Waals surface area contributed by atoms with Gasteiger partial charge < -0.3 is 10.0 Å². The minimum absolute atomic E-state index is 0.142. The summed E-state index contributed by atoms with van der Waals surface area (Å²) in [5.41, 5.74) is 2.10. The molecule has 1 aromatic rings. The second-order valence-corrected chi connectivity index (χ2v) is 13.6. The molecule has 0 aliphatic heterocycles. The molecule has 1 unspecified atom stereocenters. The lowest BCUT2D eigenvalue weighted by Gasteiger charge is -2.52. The van der Waals surface area contributed by atoms with Crippen molar-refractivity contribution in [2.75, 3.05) is 20.1 Å². The van der Waals surface area contributed by atoms with Crippen LogP contribution in [-0.2, 0) is 11.2 Å². The molecule has 2 saturated carbocycles. The summed E-state index contributed by atoms with van der Waals surface area (Å²) in [6, 6.07) is 5.62. The average molecular weight is 604 g/mol. The maximum atomic E-state index is 15.5. The quantitative estimate of drug-likeness (QED) is 0.170. The van der Waals surface area contributed by atoms with Crippen LogP contribution in [0.1, 0.15) is 107 Å². The molecule has 0 radical (unpaired) electrons. The van der Waals surface area contributed by atoms with E-state index < -0.39 is 24.7 Å². The van der Waals surface area contributed by atoms with E-state index in [2.05, 4.69) is 11.8 Å².